The average molecular weight is 213 g/mol. The fourth-order valence-electron chi connectivity index (χ4n) is 1.89. The minimum atomic E-state index is 0.125. The standard InChI is InChI=1S/C14H15NO/c1-2-12(16)7-5-6-11-10-15-14-9-4-3-8-13(11)14/h2-4,8-10,15H,1,5-7H2. The monoisotopic (exact) mass is 213 g/mol. The Labute approximate surface area is 95.0 Å². The maximum absolute atomic E-state index is 11.1. The third kappa shape index (κ3) is 2.22. The first kappa shape index (κ1) is 10.7. The van der Waals surface area contributed by atoms with E-state index < -0.39 is 0 Å². The molecule has 1 N–H and O–H groups in total. The van der Waals surface area contributed by atoms with E-state index in [1.807, 2.05) is 18.3 Å². The van der Waals surface area contributed by atoms with Crippen LogP contribution in [-0.2, 0) is 11.2 Å². The lowest BCUT2D eigenvalue weighted by Crippen LogP contribution is -1.93. The summed E-state index contributed by atoms with van der Waals surface area (Å²) in [4.78, 5) is 14.3. The number of hydrogen-bond donors (Lipinski definition) is 1. The highest BCUT2D eigenvalue weighted by Gasteiger charge is 2.03. The molecule has 0 bridgehead atoms. The van der Waals surface area contributed by atoms with Crippen LogP contribution in [0, 0.1) is 0 Å². The third-order valence-electron chi connectivity index (χ3n) is 2.77. The Hall–Kier alpha value is -1.83. The van der Waals surface area contributed by atoms with Gasteiger partial charge in [0.15, 0.2) is 5.78 Å². The molecule has 2 nitrogen and oxygen atoms in total. The molecule has 0 aliphatic carbocycles. The van der Waals surface area contributed by atoms with Gasteiger partial charge < -0.3 is 4.98 Å². The number of rotatable bonds is 5. The normalized spacial score (nSPS) is 10.5. The molecule has 0 aliphatic rings. The number of para-hydroxylation sites is 1. The molecule has 1 heterocycles. The van der Waals surface area contributed by atoms with Crippen molar-refractivity contribution in [2.75, 3.05) is 0 Å². The van der Waals surface area contributed by atoms with E-state index >= 15 is 0 Å². The van der Waals surface area contributed by atoms with E-state index in [0.717, 1.165) is 18.4 Å². The van der Waals surface area contributed by atoms with E-state index in [4.69, 9.17) is 0 Å². The van der Waals surface area contributed by atoms with Crippen molar-refractivity contribution in [2.45, 2.75) is 19.3 Å². The zero-order chi connectivity index (χ0) is 11.4. The van der Waals surface area contributed by atoms with E-state index in [1.165, 1.54) is 17.0 Å². The van der Waals surface area contributed by atoms with Crippen LogP contribution in [0.3, 0.4) is 0 Å². The van der Waals surface area contributed by atoms with Gasteiger partial charge in [-0.25, -0.2) is 0 Å². The summed E-state index contributed by atoms with van der Waals surface area (Å²) in [7, 11) is 0. The highest BCUT2D eigenvalue weighted by Crippen LogP contribution is 2.19. The summed E-state index contributed by atoms with van der Waals surface area (Å²) in [6.45, 7) is 3.47. The van der Waals surface area contributed by atoms with Crippen LogP contribution >= 0.6 is 0 Å². The van der Waals surface area contributed by atoms with Gasteiger partial charge in [0.25, 0.3) is 0 Å². The number of nitrogens with one attached hydrogen (secondary N) is 1. The fourth-order valence-corrected chi connectivity index (χ4v) is 1.89. The molecule has 1 aromatic heterocycles. The number of aromatic nitrogens is 1. The Morgan fingerprint density at radius 2 is 2.19 bits per heavy atom. The molecule has 2 rings (SSSR count). The van der Waals surface area contributed by atoms with E-state index in [2.05, 4.69) is 23.7 Å². The van der Waals surface area contributed by atoms with Crippen molar-refractivity contribution in [2.24, 2.45) is 0 Å². The topological polar surface area (TPSA) is 32.9 Å². The van der Waals surface area contributed by atoms with Crippen molar-refractivity contribution in [1.82, 2.24) is 4.98 Å². The molecule has 0 amide bonds. The second kappa shape index (κ2) is 4.79. The van der Waals surface area contributed by atoms with E-state index in [9.17, 15) is 4.79 Å². The number of carbonyl (C=O) groups is 1. The Morgan fingerprint density at radius 3 is 3.00 bits per heavy atom. The molecule has 0 saturated carbocycles. The van der Waals surface area contributed by atoms with Gasteiger partial charge in [-0.3, -0.25) is 4.79 Å². The van der Waals surface area contributed by atoms with Crippen LogP contribution in [-0.4, -0.2) is 10.8 Å². The first-order valence-corrected chi connectivity index (χ1v) is 5.51. The summed E-state index contributed by atoms with van der Waals surface area (Å²) in [5, 5.41) is 1.26. The van der Waals surface area contributed by atoms with Gasteiger partial charge in [-0.15, -0.1) is 0 Å². The van der Waals surface area contributed by atoms with Crippen molar-refractivity contribution < 1.29 is 4.79 Å². The second-order valence-electron chi connectivity index (χ2n) is 3.88. The predicted octanol–water partition coefficient (Wildman–Crippen LogP) is 3.25. The molecular formula is C14H15NO. The largest absolute Gasteiger partial charge is 0.361 e. The summed E-state index contributed by atoms with van der Waals surface area (Å²) in [6.07, 6.45) is 5.83. The first-order chi connectivity index (χ1) is 7.81. The molecular weight excluding hydrogens is 198 g/mol. The summed E-state index contributed by atoms with van der Waals surface area (Å²) < 4.78 is 0. The lowest BCUT2D eigenvalue weighted by molar-refractivity contribution is -0.114. The van der Waals surface area contributed by atoms with E-state index in [-0.39, 0.29) is 5.78 Å². The van der Waals surface area contributed by atoms with Crippen LogP contribution in [0.1, 0.15) is 18.4 Å². The highest BCUT2D eigenvalue weighted by atomic mass is 16.1. The zero-order valence-corrected chi connectivity index (χ0v) is 9.20. The van der Waals surface area contributed by atoms with E-state index in [0.29, 0.717) is 6.42 Å². The average Bonchev–Trinajstić information content (AvgIpc) is 2.73. The molecule has 82 valence electrons. The molecule has 2 heteroatoms. The number of hydrogen-bond acceptors (Lipinski definition) is 1. The third-order valence-corrected chi connectivity index (χ3v) is 2.77. The molecule has 0 spiro atoms. The van der Waals surface area contributed by atoms with Crippen molar-refractivity contribution in [1.29, 1.82) is 0 Å². The number of H-pyrrole nitrogens is 1. The Balaban J connectivity index is 2.04. The van der Waals surface area contributed by atoms with Gasteiger partial charge in [0.1, 0.15) is 0 Å². The Kier molecular flexibility index (Phi) is 3.20. The zero-order valence-electron chi connectivity index (χ0n) is 9.20. The van der Waals surface area contributed by atoms with Crippen LogP contribution in [0.25, 0.3) is 10.9 Å². The van der Waals surface area contributed by atoms with Crippen molar-refractivity contribution in [3.63, 3.8) is 0 Å². The van der Waals surface area contributed by atoms with E-state index in [1.54, 1.807) is 0 Å². The van der Waals surface area contributed by atoms with Gasteiger partial charge in [-0.2, -0.15) is 0 Å². The lowest BCUT2D eigenvalue weighted by atomic mass is 10.1. The maximum Gasteiger partial charge on any atom is 0.155 e. The van der Waals surface area contributed by atoms with Crippen LogP contribution in [0.5, 0.6) is 0 Å². The number of carbonyl (C=O) groups excluding carboxylic acids is 1. The Bertz CT molecular complexity index is 510. The molecule has 0 saturated heterocycles. The summed E-state index contributed by atoms with van der Waals surface area (Å²) in [5.41, 5.74) is 2.44. The summed E-state index contributed by atoms with van der Waals surface area (Å²) in [6, 6.07) is 8.22. The molecule has 0 unspecified atom stereocenters. The van der Waals surface area contributed by atoms with Gasteiger partial charge in [0, 0.05) is 23.5 Å². The number of aromatic amines is 1. The molecule has 1 aromatic carbocycles. The molecule has 0 radical (unpaired) electrons. The second-order valence-corrected chi connectivity index (χ2v) is 3.88. The van der Waals surface area contributed by atoms with Gasteiger partial charge in [0.05, 0.1) is 0 Å². The van der Waals surface area contributed by atoms with Crippen LogP contribution < -0.4 is 0 Å². The molecule has 0 atom stereocenters. The quantitative estimate of drug-likeness (QED) is 0.760. The number of allylic oxidation sites excluding steroid dienone is 1. The Morgan fingerprint density at radius 1 is 1.38 bits per heavy atom. The van der Waals surface area contributed by atoms with Crippen LogP contribution in [0.2, 0.25) is 0 Å². The van der Waals surface area contributed by atoms with Gasteiger partial charge in [0.2, 0.25) is 0 Å². The maximum atomic E-state index is 11.1. The van der Waals surface area contributed by atoms with Crippen molar-refractivity contribution in [3.05, 3.63) is 48.7 Å². The smallest absolute Gasteiger partial charge is 0.155 e. The fraction of sp³-hybridized carbons (Fsp3) is 0.214. The lowest BCUT2D eigenvalue weighted by Gasteiger charge is -1.97. The minimum absolute atomic E-state index is 0.125. The molecule has 0 aliphatic heterocycles. The van der Waals surface area contributed by atoms with Crippen molar-refractivity contribution >= 4 is 16.7 Å². The first-order valence-electron chi connectivity index (χ1n) is 5.51. The van der Waals surface area contributed by atoms with Crippen molar-refractivity contribution in [3.8, 4) is 0 Å². The highest BCUT2D eigenvalue weighted by molar-refractivity contribution is 5.89. The number of fused-ring (bicyclic) bond motifs is 1. The number of aryl methyl sites for hydroxylation is 1. The summed E-state index contributed by atoms with van der Waals surface area (Å²) in [5.74, 6) is 0.125. The molecule has 2 aromatic rings. The van der Waals surface area contributed by atoms with Crippen LogP contribution in [0.4, 0.5) is 0 Å². The molecule has 0 fully saturated rings. The van der Waals surface area contributed by atoms with Crippen LogP contribution in [0.15, 0.2) is 43.1 Å². The summed E-state index contributed by atoms with van der Waals surface area (Å²) >= 11 is 0. The van der Waals surface area contributed by atoms with Gasteiger partial charge in [-0.1, -0.05) is 24.8 Å². The minimum Gasteiger partial charge on any atom is -0.361 e. The predicted molar refractivity (Wildman–Crippen MR) is 66.4 cm³/mol. The SMILES string of the molecule is C=CC(=O)CCCc1c[nH]c2ccccc12. The van der Waals surface area contributed by atoms with Gasteiger partial charge in [-0.05, 0) is 30.5 Å². The molecule has 16 heavy (non-hydrogen) atoms. The number of ketones is 1. The van der Waals surface area contributed by atoms with Gasteiger partial charge >= 0.3 is 0 Å². The number of benzene rings is 1.